The summed E-state index contributed by atoms with van der Waals surface area (Å²) in [6.45, 7) is 0. The van der Waals surface area contributed by atoms with E-state index in [0.717, 1.165) is 6.42 Å². The molecule has 1 aliphatic rings. The third-order valence-electron chi connectivity index (χ3n) is 5.40. The first-order chi connectivity index (χ1) is 12.9. The minimum Gasteiger partial charge on any atom is -0.0622 e. The third kappa shape index (κ3) is 2.55. The Bertz CT molecular complexity index is 997. The molecule has 5 rings (SSSR count). The van der Waals surface area contributed by atoms with E-state index in [0.29, 0.717) is 5.92 Å². The average molecular weight is 332 g/mol. The summed E-state index contributed by atoms with van der Waals surface area (Å²) < 4.78 is 0. The highest BCUT2D eigenvalue weighted by Gasteiger charge is 2.28. The second kappa shape index (κ2) is 6.31. The Morgan fingerprint density at radius 2 is 0.962 bits per heavy atom. The van der Waals surface area contributed by atoms with Crippen LogP contribution >= 0.6 is 0 Å². The van der Waals surface area contributed by atoms with Gasteiger partial charge in [-0.25, -0.2) is 0 Å². The van der Waals surface area contributed by atoms with Crippen LogP contribution in [0.4, 0.5) is 0 Å². The van der Waals surface area contributed by atoms with Crippen molar-refractivity contribution in [2.75, 3.05) is 0 Å². The molecule has 0 N–H and O–H groups in total. The molecule has 26 heavy (non-hydrogen) atoms. The van der Waals surface area contributed by atoms with E-state index in [9.17, 15) is 0 Å². The Kier molecular flexibility index (Phi) is 3.68. The smallest absolute Gasteiger partial charge is 0.0352 e. The summed E-state index contributed by atoms with van der Waals surface area (Å²) in [6.07, 6.45) is 0.985. The van der Waals surface area contributed by atoms with Gasteiger partial charge in [-0.05, 0) is 45.4 Å². The zero-order valence-corrected chi connectivity index (χ0v) is 14.6. The highest BCUT2D eigenvalue weighted by molar-refractivity contribution is 5.80. The Balaban J connectivity index is 1.52. The van der Waals surface area contributed by atoms with Crippen LogP contribution in [0.15, 0.2) is 103 Å². The molecule has 0 saturated heterocycles. The molecule has 0 aromatic heterocycles. The van der Waals surface area contributed by atoms with Gasteiger partial charge in [-0.15, -0.1) is 0 Å². The van der Waals surface area contributed by atoms with Crippen LogP contribution in [0.5, 0.6) is 0 Å². The van der Waals surface area contributed by atoms with E-state index in [1.165, 1.54) is 38.9 Å². The van der Waals surface area contributed by atoms with Crippen LogP contribution in [0.3, 0.4) is 0 Å². The van der Waals surface area contributed by atoms with E-state index < -0.39 is 0 Å². The molecule has 0 nitrogen and oxygen atoms in total. The summed E-state index contributed by atoms with van der Waals surface area (Å²) in [4.78, 5) is 0. The van der Waals surface area contributed by atoms with Gasteiger partial charge < -0.3 is 0 Å². The summed E-state index contributed by atoms with van der Waals surface area (Å²) in [5.41, 5.74) is 9.69. The zero-order valence-electron chi connectivity index (χ0n) is 14.6. The van der Waals surface area contributed by atoms with Gasteiger partial charge in [0.25, 0.3) is 0 Å². The van der Waals surface area contributed by atoms with Crippen molar-refractivity contribution in [3.63, 3.8) is 0 Å². The van der Waals surface area contributed by atoms with Crippen LogP contribution in [0.1, 0.15) is 33.7 Å². The Labute approximate surface area is 154 Å². The topological polar surface area (TPSA) is 0 Å². The van der Waals surface area contributed by atoms with Crippen molar-refractivity contribution in [3.8, 4) is 11.1 Å². The van der Waals surface area contributed by atoms with Gasteiger partial charge in [-0.2, -0.15) is 0 Å². The lowest BCUT2D eigenvalue weighted by Crippen LogP contribution is -1.99. The molecular weight excluding hydrogens is 312 g/mol. The molecule has 0 bridgehead atoms. The molecule has 4 aromatic carbocycles. The van der Waals surface area contributed by atoms with E-state index in [1.807, 2.05) is 0 Å². The summed E-state index contributed by atoms with van der Waals surface area (Å²) in [7, 11) is 0. The number of hydrogen-bond donors (Lipinski definition) is 0. The van der Waals surface area contributed by atoms with Crippen molar-refractivity contribution in [2.24, 2.45) is 0 Å². The molecule has 0 radical (unpaired) electrons. The number of hydrogen-bond acceptors (Lipinski definition) is 0. The van der Waals surface area contributed by atoms with Crippen LogP contribution in [0.25, 0.3) is 11.1 Å². The van der Waals surface area contributed by atoms with Gasteiger partial charge in [0, 0.05) is 5.92 Å². The van der Waals surface area contributed by atoms with Crippen molar-refractivity contribution < 1.29 is 0 Å². The monoisotopic (exact) mass is 332 g/mol. The first kappa shape index (κ1) is 15.2. The molecule has 0 heterocycles. The normalized spacial score (nSPS) is 12.6. The van der Waals surface area contributed by atoms with Crippen molar-refractivity contribution in [3.05, 3.63) is 131 Å². The van der Waals surface area contributed by atoms with E-state index in [1.54, 1.807) is 0 Å². The fraction of sp³-hybridized carbons (Fsp3) is 0.0769. The quantitative estimate of drug-likeness (QED) is 0.357. The zero-order chi connectivity index (χ0) is 17.3. The van der Waals surface area contributed by atoms with Crippen LogP contribution in [0, 0.1) is 0 Å². The molecular formula is C26H20. The number of fused-ring (bicyclic) bond motifs is 3. The van der Waals surface area contributed by atoms with Gasteiger partial charge in [0.05, 0.1) is 0 Å². The second-order valence-electron chi connectivity index (χ2n) is 7.01. The van der Waals surface area contributed by atoms with Crippen molar-refractivity contribution >= 4 is 0 Å². The molecule has 1 aliphatic carbocycles. The Morgan fingerprint density at radius 1 is 0.462 bits per heavy atom. The lowest BCUT2D eigenvalue weighted by atomic mass is 9.88. The molecule has 0 amide bonds. The number of benzene rings is 4. The van der Waals surface area contributed by atoms with Gasteiger partial charge in [0.2, 0.25) is 0 Å². The molecule has 0 heteroatoms. The highest BCUT2D eigenvalue weighted by atomic mass is 14.3. The molecule has 0 saturated carbocycles. The van der Waals surface area contributed by atoms with Gasteiger partial charge in [-0.3, -0.25) is 0 Å². The lowest BCUT2D eigenvalue weighted by Gasteiger charge is -2.15. The van der Waals surface area contributed by atoms with Gasteiger partial charge in [0.1, 0.15) is 0 Å². The predicted octanol–water partition coefficient (Wildman–Crippen LogP) is 6.44. The number of rotatable bonds is 3. The van der Waals surface area contributed by atoms with E-state index in [-0.39, 0.29) is 0 Å². The SMILES string of the molecule is c1ccc(Cc2ccc(C3c4ccccc4-c4ccccc43)cc2)cc1. The van der Waals surface area contributed by atoms with Crippen molar-refractivity contribution in [1.29, 1.82) is 0 Å². The Hall–Kier alpha value is -3.12. The maximum atomic E-state index is 2.31. The molecule has 0 spiro atoms. The average Bonchev–Trinajstić information content (AvgIpc) is 3.04. The van der Waals surface area contributed by atoms with Crippen LogP contribution < -0.4 is 0 Å². The minimum atomic E-state index is 0.341. The predicted molar refractivity (Wildman–Crippen MR) is 109 cm³/mol. The molecule has 124 valence electrons. The molecule has 0 atom stereocenters. The summed E-state index contributed by atoms with van der Waals surface area (Å²) in [5.74, 6) is 0.341. The fourth-order valence-electron chi connectivity index (χ4n) is 4.17. The third-order valence-corrected chi connectivity index (χ3v) is 5.40. The maximum Gasteiger partial charge on any atom is 0.0352 e. The second-order valence-corrected chi connectivity index (χ2v) is 7.01. The highest BCUT2D eigenvalue weighted by Crippen LogP contribution is 2.47. The summed E-state index contributed by atoms with van der Waals surface area (Å²) >= 11 is 0. The van der Waals surface area contributed by atoms with Gasteiger partial charge in [-0.1, -0.05) is 103 Å². The first-order valence-corrected chi connectivity index (χ1v) is 9.21. The van der Waals surface area contributed by atoms with Crippen LogP contribution in [-0.4, -0.2) is 0 Å². The Morgan fingerprint density at radius 3 is 1.58 bits per heavy atom. The lowest BCUT2D eigenvalue weighted by molar-refractivity contribution is 1.01. The van der Waals surface area contributed by atoms with Crippen molar-refractivity contribution in [2.45, 2.75) is 12.3 Å². The molecule has 0 aliphatic heterocycles. The molecule has 0 fully saturated rings. The molecule has 4 aromatic rings. The summed E-state index contributed by atoms with van der Waals surface area (Å²) in [6, 6.07) is 37.5. The van der Waals surface area contributed by atoms with E-state index >= 15 is 0 Å². The molecule has 0 unspecified atom stereocenters. The first-order valence-electron chi connectivity index (χ1n) is 9.21. The van der Waals surface area contributed by atoms with Crippen LogP contribution in [-0.2, 0) is 6.42 Å². The van der Waals surface area contributed by atoms with Gasteiger partial charge in [0.15, 0.2) is 0 Å². The van der Waals surface area contributed by atoms with Crippen LogP contribution in [0.2, 0.25) is 0 Å². The fourth-order valence-corrected chi connectivity index (χ4v) is 4.17. The minimum absolute atomic E-state index is 0.341. The summed E-state index contributed by atoms with van der Waals surface area (Å²) in [5, 5.41) is 0. The van der Waals surface area contributed by atoms with E-state index in [2.05, 4.69) is 103 Å². The van der Waals surface area contributed by atoms with Gasteiger partial charge >= 0.3 is 0 Å². The van der Waals surface area contributed by atoms with E-state index in [4.69, 9.17) is 0 Å². The maximum absolute atomic E-state index is 2.31. The standard InChI is InChI=1S/C26H20/c1-2-8-19(9-3-1)18-20-14-16-21(17-15-20)26-24-12-6-4-10-22(24)23-11-5-7-13-25(23)26/h1-17,26H,18H2. The van der Waals surface area contributed by atoms with Crippen molar-refractivity contribution in [1.82, 2.24) is 0 Å². The largest absolute Gasteiger partial charge is 0.0622 e.